The molecule has 0 radical (unpaired) electrons. The van der Waals surface area contributed by atoms with Gasteiger partial charge >= 0.3 is 11.9 Å². The van der Waals surface area contributed by atoms with E-state index < -0.39 is 22.0 Å². The Balaban J connectivity index is 2.51. The van der Waals surface area contributed by atoms with Crippen molar-refractivity contribution in [1.29, 1.82) is 0 Å². The number of hydrogen-bond acceptors (Lipinski definition) is 9. The van der Waals surface area contributed by atoms with Gasteiger partial charge in [0, 0.05) is 17.8 Å². The third-order valence-electron chi connectivity index (χ3n) is 3.94. The third-order valence-corrected chi connectivity index (χ3v) is 5.34. The van der Waals surface area contributed by atoms with Crippen molar-refractivity contribution >= 4 is 33.3 Å². The second-order valence-electron chi connectivity index (χ2n) is 5.87. The zero-order valence-electron chi connectivity index (χ0n) is 17.3. The van der Waals surface area contributed by atoms with Crippen molar-refractivity contribution in [1.82, 2.24) is 0 Å². The fraction of sp³-hybridized carbons (Fsp3) is 0.200. The summed E-state index contributed by atoms with van der Waals surface area (Å²) in [6.45, 7) is 0. The largest absolute Gasteiger partial charge is 0.495 e. The average Bonchev–Trinajstić information content (AvgIpc) is 2.77. The summed E-state index contributed by atoms with van der Waals surface area (Å²) in [5.74, 6) is -1.62. The van der Waals surface area contributed by atoms with Crippen LogP contribution in [0.4, 0.5) is 11.4 Å². The molecule has 0 aromatic heterocycles. The number of carbonyl (C=O) groups is 2. The van der Waals surface area contributed by atoms with Gasteiger partial charge in [0.05, 0.1) is 40.2 Å². The Morgan fingerprint density at radius 3 is 2.10 bits per heavy atom. The van der Waals surface area contributed by atoms with E-state index in [1.807, 2.05) is 0 Å². The second-order valence-corrected chi connectivity index (χ2v) is 7.52. The normalized spacial score (nSPS) is 11.3. The summed E-state index contributed by atoms with van der Waals surface area (Å²) in [6, 6.07) is 10.8. The number of benzene rings is 2. The number of rotatable bonds is 9. The van der Waals surface area contributed by atoms with E-state index in [0.717, 1.165) is 20.3 Å². The second kappa shape index (κ2) is 10.3. The molecule has 11 heteroatoms. The van der Waals surface area contributed by atoms with Crippen molar-refractivity contribution in [2.75, 3.05) is 38.5 Å². The minimum Gasteiger partial charge on any atom is -0.495 e. The summed E-state index contributed by atoms with van der Waals surface area (Å²) in [5.41, 5.74) is 0.256. The Bertz CT molecular complexity index is 1080. The molecule has 0 aliphatic heterocycles. The molecule has 31 heavy (non-hydrogen) atoms. The molecule has 2 rings (SSSR count). The first-order chi connectivity index (χ1) is 14.7. The number of esters is 2. The van der Waals surface area contributed by atoms with Crippen LogP contribution in [0.3, 0.4) is 0 Å². The fourth-order valence-corrected chi connectivity index (χ4v) is 3.70. The molecule has 2 aromatic rings. The van der Waals surface area contributed by atoms with Gasteiger partial charge in [-0.05, 0) is 12.1 Å². The van der Waals surface area contributed by atoms with Crippen LogP contribution in [0.1, 0.15) is 0 Å². The van der Waals surface area contributed by atoms with Crippen LogP contribution in [0.5, 0.6) is 11.5 Å². The van der Waals surface area contributed by atoms with Gasteiger partial charge in [-0.2, -0.15) is 0 Å². The van der Waals surface area contributed by atoms with Crippen molar-refractivity contribution in [2.24, 2.45) is 0 Å². The highest BCUT2D eigenvalue weighted by Crippen LogP contribution is 2.37. The Hall–Kier alpha value is -3.73. The predicted octanol–water partition coefficient (Wildman–Crippen LogP) is 2.15. The van der Waals surface area contributed by atoms with Crippen LogP contribution in [-0.4, -0.2) is 48.8 Å². The topological polar surface area (TPSA) is 129 Å². The van der Waals surface area contributed by atoms with Crippen LogP contribution in [0, 0.1) is 0 Å². The minimum atomic E-state index is -4.04. The lowest BCUT2D eigenvalue weighted by Crippen LogP contribution is -2.17. The molecule has 2 N–H and O–H groups in total. The number of sulfonamides is 1. The van der Waals surface area contributed by atoms with E-state index in [-0.39, 0.29) is 27.8 Å². The van der Waals surface area contributed by atoms with E-state index in [1.54, 1.807) is 30.3 Å². The van der Waals surface area contributed by atoms with Crippen molar-refractivity contribution in [3.63, 3.8) is 0 Å². The first-order valence-corrected chi connectivity index (χ1v) is 10.2. The van der Waals surface area contributed by atoms with Gasteiger partial charge < -0.3 is 24.3 Å². The fourth-order valence-electron chi connectivity index (χ4n) is 2.47. The van der Waals surface area contributed by atoms with Crippen LogP contribution >= 0.6 is 0 Å². The maximum Gasteiger partial charge on any atom is 0.354 e. The van der Waals surface area contributed by atoms with Crippen LogP contribution in [0.15, 0.2) is 59.1 Å². The summed E-state index contributed by atoms with van der Waals surface area (Å²) >= 11 is 0. The van der Waals surface area contributed by atoms with Gasteiger partial charge in [-0.15, -0.1) is 0 Å². The van der Waals surface area contributed by atoms with Crippen molar-refractivity contribution in [3.05, 3.63) is 54.2 Å². The van der Waals surface area contributed by atoms with E-state index in [2.05, 4.69) is 19.5 Å². The molecule has 0 unspecified atom stereocenters. The van der Waals surface area contributed by atoms with Crippen LogP contribution in [0.25, 0.3) is 0 Å². The van der Waals surface area contributed by atoms with E-state index in [0.29, 0.717) is 5.69 Å². The molecule has 0 saturated heterocycles. The van der Waals surface area contributed by atoms with Gasteiger partial charge in [0.15, 0.2) is 0 Å². The molecule has 0 aliphatic rings. The molecule has 0 fully saturated rings. The Morgan fingerprint density at radius 2 is 1.55 bits per heavy atom. The highest BCUT2D eigenvalue weighted by atomic mass is 32.2. The van der Waals surface area contributed by atoms with Crippen LogP contribution < -0.4 is 19.5 Å². The standard InChI is InChI=1S/C20H22N2O8S/c1-27-16-12-18(31(25,26)22-13-8-6-5-7-9-13)17(28-2)10-14(16)21-15(20(24)30-4)11-19(23)29-3/h5-12,21-22H,1-4H3/b15-11+. The zero-order chi connectivity index (χ0) is 23.0. The summed E-state index contributed by atoms with van der Waals surface area (Å²) in [7, 11) is 0.851. The maximum absolute atomic E-state index is 12.9. The molecule has 2 aromatic carbocycles. The Kier molecular flexibility index (Phi) is 7.86. The lowest BCUT2D eigenvalue weighted by Gasteiger charge is -2.17. The zero-order valence-corrected chi connectivity index (χ0v) is 18.1. The molecule has 0 spiro atoms. The highest BCUT2D eigenvalue weighted by Gasteiger charge is 2.24. The number of nitrogens with one attached hydrogen (secondary N) is 2. The summed E-state index contributed by atoms with van der Waals surface area (Å²) < 4.78 is 48.0. The molecular formula is C20H22N2O8S. The molecule has 0 atom stereocenters. The SMILES string of the molecule is COC(=O)/C=C(/Nc1cc(OC)c(S(=O)(=O)Nc2ccccc2)cc1OC)C(=O)OC. The van der Waals surface area contributed by atoms with Gasteiger partial charge in [-0.3, -0.25) is 4.72 Å². The van der Waals surface area contributed by atoms with Crippen molar-refractivity contribution in [2.45, 2.75) is 4.90 Å². The summed E-state index contributed by atoms with van der Waals surface area (Å²) in [6.07, 6.45) is 0.888. The smallest absolute Gasteiger partial charge is 0.354 e. The van der Waals surface area contributed by atoms with E-state index >= 15 is 0 Å². The molecule has 0 amide bonds. The molecule has 0 bridgehead atoms. The number of hydrogen-bond donors (Lipinski definition) is 2. The molecule has 0 aliphatic carbocycles. The number of carbonyl (C=O) groups excluding carboxylic acids is 2. The Labute approximate surface area is 179 Å². The number of para-hydroxylation sites is 1. The molecule has 0 saturated carbocycles. The lowest BCUT2D eigenvalue weighted by atomic mass is 10.2. The number of methoxy groups -OCH3 is 4. The van der Waals surface area contributed by atoms with Gasteiger partial charge in [0.1, 0.15) is 22.1 Å². The molecule has 0 heterocycles. The first-order valence-electron chi connectivity index (χ1n) is 8.74. The summed E-state index contributed by atoms with van der Waals surface area (Å²) in [5, 5.41) is 2.68. The molecular weight excluding hydrogens is 428 g/mol. The van der Waals surface area contributed by atoms with E-state index in [1.165, 1.54) is 26.4 Å². The summed E-state index contributed by atoms with van der Waals surface area (Å²) in [4.78, 5) is 23.4. The van der Waals surface area contributed by atoms with Gasteiger partial charge in [0.25, 0.3) is 10.0 Å². The predicted molar refractivity (Wildman–Crippen MR) is 113 cm³/mol. The molecule has 166 valence electrons. The number of anilines is 2. The Morgan fingerprint density at radius 1 is 0.903 bits per heavy atom. The molecule has 10 nitrogen and oxygen atoms in total. The van der Waals surface area contributed by atoms with Crippen LogP contribution in [-0.2, 0) is 29.1 Å². The number of ether oxygens (including phenoxy) is 4. The third kappa shape index (κ3) is 5.89. The van der Waals surface area contributed by atoms with E-state index in [9.17, 15) is 18.0 Å². The van der Waals surface area contributed by atoms with Crippen molar-refractivity contribution < 1.29 is 37.0 Å². The average molecular weight is 450 g/mol. The minimum absolute atomic E-state index is 0.0333. The van der Waals surface area contributed by atoms with Gasteiger partial charge in [0.2, 0.25) is 0 Å². The monoisotopic (exact) mass is 450 g/mol. The van der Waals surface area contributed by atoms with Crippen molar-refractivity contribution in [3.8, 4) is 11.5 Å². The van der Waals surface area contributed by atoms with Gasteiger partial charge in [-0.1, -0.05) is 18.2 Å². The van der Waals surface area contributed by atoms with Crippen LogP contribution in [0.2, 0.25) is 0 Å². The lowest BCUT2D eigenvalue weighted by molar-refractivity contribution is -0.138. The van der Waals surface area contributed by atoms with Gasteiger partial charge in [-0.25, -0.2) is 18.0 Å². The highest BCUT2D eigenvalue weighted by molar-refractivity contribution is 7.92. The van der Waals surface area contributed by atoms with E-state index in [4.69, 9.17) is 9.47 Å². The quantitative estimate of drug-likeness (QED) is 0.436. The maximum atomic E-state index is 12.9. The first kappa shape index (κ1) is 23.5.